The van der Waals surface area contributed by atoms with Crippen LogP contribution in [0.25, 0.3) is 11.3 Å². The van der Waals surface area contributed by atoms with Crippen LogP contribution in [0.2, 0.25) is 0 Å². The Bertz CT molecular complexity index is 1330. The van der Waals surface area contributed by atoms with Gasteiger partial charge < -0.3 is 15.1 Å². The summed E-state index contributed by atoms with van der Waals surface area (Å²) in [5.41, 5.74) is 4.66. The monoisotopic (exact) mass is 510 g/mol. The van der Waals surface area contributed by atoms with E-state index < -0.39 is 0 Å². The summed E-state index contributed by atoms with van der Waals surface area (Å²) < 4.78 is 0. The molecule has 1 fully saturated rings. The average molecular weight is 511 g/mol. The number of carbonyl (C=O) groups excluding carboxylic acids is 1. The number of hydrogen-bond acceptors (Lipinski definition) is 7. The molecule has 0 unspecified atom stereocenters. The van der Waals surface area contributed by atoms with E-state index >= 15 is 0 Å². The van der Waals surface area contributed by atoms with Crippen LogP contribution in [0.3, 0.4) is 0 Å². The molecule has 3 heterocycles. The average Bonchev–Trinajstić information content (AvgIpc) is 2.96. The number of rotatable bonds is 8. The van der Waals surface area contributed by atoms with Crippen molar-refractivity contribution in [1.29, 1.82) is 0 Å². The predicted molar refractivity (Wildman–Crippen MR) is 149 cm³/mol. The topological polar surface area (TPSA) is 74.2 Å². The second-order valence-corrected chi connectivity index (χ2v) is 10.0. The van der Waals surface area contributed by atoms with E-state index in [0.717, 1.165) is 59.5 Å². The van der Waals surface area contributed by atoms with E-state index in [2.05, 4.69) is 45.3 Å². The van der Waals surface area contributed by atoms with Crippen molar-refractivity contribution in [2.24, 2.45) is 0 Å². The lowest BCUT2D eigenvalue weighted by molar-refractivity contribution is 0.0951. The largest absolute Gasteiger partial charge is 0.354 e. The Balaban J connectivity index is 1.30. The molecule has 1 N–H and O–H groups in total. The predicted octanol–water partition coefficient (Wildman–Crippen LogP) is 4.51. The Morgan fingerprint density at radius 3 is 2.51 bits per heavy atom. The van der Waals surface area contributed by atoms with Gasteiger partial charge in [0.05, 0.1) is 5.69 Å². The second-order valence-electron chi connectivity index (χ2n) is 9.08. The van der Waals surface area contributed by atoms with Crippen molar-refractivity contribution < 1.29 is 4.79 Å². The first kappa shape index (κ1) is 24.9. The number of aromatic nitrogens is 3. The number of nitrogens with one attached hydrogen (secondary N) is 1. The van der Waals surface area contributed by atoms with Gasteiger partial charge in [-0.15, -0.1) is 0 Å². The molecule has 2 aromatic heterocycles. The lowest BCUT2D eigenvalue weighted by Gasteiger charge is -2.33. The summed E-state index contributed by atoms with van der Waals surface area (Å²) in [4.78, 5) is 31.3. The zero-order valence-electron chi connectivity index (χ0n) is 20.9. The van der Waals surface area contributed by atoms with Crippen LogP contribution in [0.5, 0.6) is 0 Å². The highest BCUT2D eigenvalue weighted by atomic mass is 32.2. The second kappa shape index (κ2) is 12.0. The molecule has 1 aliphatic rings. The molecule has 5 rings (SSSR count). The fraction of sp³-hybridized carbons (Fsp3) is 0.241. The molecule has 0 aliphatic carbocycles. The summed E-state index contributed by atoms with van der Waals surface area (Å²) in [5.74, 6) is 1.54. The first-order chi connectivity index (χ1) is 18.1. The molecule has 8 heteroatoms. The highest BCUT2D eigenvalue weighted by molar-refractivity contribution is 7.98. The van der Waals surface area contributed by atoms with E-state index in [1.165, 1.54) is 0 Å². The Kier molecular flexibility index (Phi) is 8.08. The van der Waals surface area contributed by atoms with Crippen molar-refractivity contribution in [3.63, 3.8) is 0 Å². The van der Waals surface area contributed by atoms with Gasteiger partial charge in [0, 0.05) is 68.1 Å². The summed E-state index contributed by atoms with van der Waals surface area (Å²) in [7, 11) is 2.15. The number of hydrogen-bond donors (Lipinski definition) is 1. The fourth-order valence-electron chi connectivity index (χ4n) is 4.17. The minimum absolute atomic E-state index is 0.101. The molecule has 4 aromatic rings. The maximum Gasteiger partial charge on any atom is 0.251 e. The molecule has 0 radical (unpaired) electrons. The molecule has 1 aliphatic heterocycles. The van der Waals surface area contributed by atoms with E-state index in [4.69, 9.17) is 9.97 Å². The van der Waals surface area contributed by atoms with Gasteiger partial charge in [-0.2, -0.15) is 0 Å². The lowest BCUT2D eigenvalue weighted by atomic mass is 10.1. The third-order valence-electron chi connectivity index (χ3n) is 6.32. The third-order valence-corrected chi connectivity index (χ3v) is 7.24. The molecule has 2 aromatic carbocycles. The van der Waals surface area contributed by atoms with Crippen LogP contribution >= 0.6 is 11.8 Å². The van der Waals surface area contributed by atoms with Gasteiger partial charge in [-0.05, 0) is 36.4 Å². The number of nitrogens with zero attached hydrogens (tertiary/aromatic N) is 5. The SMILES string of the molecule is CN1CCN(c2cc(-c3ccccc3)nc(SCc3cccc(C(=O)NCc4cccnc4)c3)n2)CC1. The van der Waals surface area contributed by atoms with Gasteiger partial charge in [0.1, 0.15) is 5.82 Å². The Morgan fingerprint density at radius 2 is 1.73 bits per heavy atom. The number of benzene rings is 2. The summed E-state index contributed by atoms with van der Waals surface area (Å²) in [6.07, 6.45) is 3.48. The standard InChI is InChI=1S/C29H30N6OS/c1-34-13-15-35(16-14-34)27-18-26(24-9-3-2-4-10-24)32-29(33-27)37-21-22-7-5-11-25(17-22)28(36)31-20-23-8-6-12-30-19-23/h2-12,17-19H,13-16,20-21H2,1H3,(H,31,36). The molecule has 0 bridgehead atoms. The number of piperazine rings is 1. The zero-order valence-corrected chi connectivity index (χ0v) is 21.7. The molecular weight excluding hydrogens is 480 g/mol. The Labute approximate surface area is 222 Å². The van der Waals surface area contributed by atoms with Gasteiger partial charge in [-0.1, -0.05) is 60.3 Å². The zero-order chi connectivity index (χ0) is 25.5. The van der Waals surface area contributed by atoms with Crippen LogP contribution in [-0.4, -0.2) is 59.0 Å². The molecule has 0 spiro atoms. The normalized spacial score (nSPS) is 13.9. The van der Waals surface area contributed by atoms with E-state index in [9.17, 15) is 4.79 Å². The molecule has 1 saturated heterocycles. The van der Waals surface area contributed by atoms with Crippen molar-refractivity contribution in [2.45, 2.75) is 17.5 Å². The minimum atomic E-state index is -0.101. The fourth-order valence-corrected chi connectivity index (χ4v) is 4.97. The van der Waals surface area contributed by atoms with Crippen molar-refractivity contribution in [3.05, 3.63) is 102 Å². The maximum atomic E-state index is 12.7. The van der Waals surface area contributed by atoms with Crippen molar-refractivity contribution >= 4 is 23.5 Å². The highest BCUT2D eigenvalue weighted by Gasteiger charge is 2.18. The van der Waals surface area contributed by atoms with Crippen LogP contribution in [0, 0.1) is 0 Å². The summed E-state index contributed by atoms with van der Waals surface area (Å²) >= 11 is 1.59. The van der Waals surface area contributed by atoms with E-state index in [1.807, 2.05) is 54.6 Å². The number of thioether (sulfide) groups is 1. The first-order valence-corrected chi connectivity index (χ1v) is 13.4. The number of likely N-dealkylation sites (N-methyl/N-ethyl adjacent to an activating group) is 1. The van der Waals surface area contributed by atoms with Gasteiger partial charge >= 0.3 is 0 Å². The van der Waals surface area contributed by atoms with Gasteiger partial charge in [0.15, 0.2) is 5.16 Å². The lowest BCUT2D eigenvalue weighted by Crippen LogP contribution is -2.44. The molecule has 7 nitrogen and oxygen atoms in total. The van der Waals surface area contributed by atoms with Crippen molar-refractivity contribution in [2.75, 3.05) is 38.1 Å². The smallest absolute Gasteiger partial charge is 0.251 e. The van der Waals surface area contributed by atoms with E-state index in [-0.39, 0.29) is 5.91 Å². The minimum Gasteiger partial charge on any atom is -0.354 e. The van der Waals surface area contributed by atoms with Crippen molar-refractivity contribution in [3.8, 4) is 11.3 Å². The van der Waals surface area contributed by atoms with Crippen LogP contribution in [-0.2, 0) is 12.3 Å². The van der Waals surface area contributed by atoms with Crippen LogP contribution in [0.15, 0.2) is 90.3 Å². The molecule has 0 saturated carbocycles. The quantitative estimate of drug-likeness (QED) is 0.276. The van der Waals surface area contributed by atoms with Gasteiger partial charge in [0.2, 0.25) is 0 Å². The maximum absolute atomic E-state index is 12.7. The number of amides is 1. The van der Waals surface area contributed by atoms with E-state index in [0.29, 0.717) is 17.9 Å². The summed E-state index contributed by atoms with van der Waals surface area (Å²) in [6, 6.07) is 23.9. The third kappa shape index (κ3) is 6.72. The van der Waals surface area contributed by atoms with Crippen LogP contribution < -0.4 is 10.2 Å². The molecule has 37 heavy (non-hydrogen) atoms. The van der Waals surface area contributed by atoms with Crippen molar-refractivity contribution in [1.82, 2.24) is 25.2 Å². The summed E-state index contributed by atoms with van der Waals surface area (Å²) in [6.45, 7) is 4.37. The number of anilines is 1. The van der Waals surface area contributed by atoms with Gasteiger partial charge in [-0.25, -0.2) is 9.97 Å². The Hall–Kier alpha value is -3.75. The number of carbonyl (C=O) groups is 1. The molecule has 1 amide bonds. The molecular formula is C29H30N6OS. The van der Waals surface area contributed by atoms with Crippen LogP contribution in [0.1, 0.15) is 21.5 Å². The molecule has 0 atom stereocenters. The highest BCUT2D eigenvalue weighted by Crippen LogP contribution is 2.28. The summed E-state index contributed by atoms with van der Waals surface area (Å²) in [5, 5.41) is 3.71. The van der Waals surface area contributed by atoms with Gasteiger partial charge in [-0.3, -0.25) is 9.78 Å². The van der Waals surface area contributed by atoms with Crippen LogP contribution in [0.4, 0.5) is 5.82 Å². The number of pyridine rings is 1. The first-order valence-electron chi connectivity index (χ1n) is 12.4. The molecule has 188 valence electrons. The van der Waals surface area contributed by atoms with Gasteiger partial charge in [0.25, 0.3) is 5.91 Å². The van der Waals surface area contributed by atoms with E-state index in [1.54, 1.807) is 24.2 Å². The Morgan fingerprint density at radius 1 is 0.919 bits per heavy atom.